The monoisotopic (exact) mass is 429 g/mol. The molecule has 2 N–H and O–H groups in total. The number of hydrogen-bond donors (Lipinski definition) is 2. The van der Waals surface area contributed by atoms with E-state index in [1.54, 1.807) is 12.1 Å². The molecule has 0 aliphatic heterocycles. The number of rotatable bonds is 10. The molecule has 0 spiro atoms. The van der Waals surface area contributed by atoms with Gasteiger partial charge in [0.25, 0.3) is 11.3 Å². The maximum Gasteiger partial charge on any atom is 0.335 e. The first-order valence-corrected chi connectivity index (χ1v) is 11.4. The highest BCUT2D eigenvalue weighted by Gasteiger charge is 2.19. The largest absolute Gasteiger partial charge is 0.478 e. The van der Waals surface area contributed by atoms with Crippen LogP contribution in [-0.2, 0) is 24.1 Å². The highest BCUT2D eigenvalue weighted by atomic mass is 32.2. The van der Waals surface area contributed by atoms with E-state index in [1.165, 1.54) is 15.6 Å². The van der Waals surface area contributed by atoms with E-state index in [-0.39, 0.29) is 0 Å². The lowest BCUT2D eigenvalue weighted by Crippen LogP contribution is -2.19. The molecule has 1 unspecified atom stereocenters. The van der Waals surface area contributed by atoms with Gasteiger partial charge in [-0.3, -0.25) is 4.55 Å². The van der Waals surface area contributed by atoms with Crippen LogP contribution in [0.15, 0.2) is 66.0 Å². The van der Waals surface area contributed by atoms with Crippen LogP contribution < -0.4 is 4.31 Å². The topological polar surface area (TPSA) is 77.8 Å². The highest BCUT2D eigenvalue weighted by Crippen LogP contribution is 2.33. The van der Waals surface area contributed by atoms with Crippen LogP contribution in [0, 0.1) is 0 Å². The summed E-state index contributed by atoms with van der Waals surface area (Å²) in [5, 5.41) is 11.9. The number of anilines is 2. The van der Waals surface area contributed by atoms with Crippen molar-refractivity contribution in [1.82, 2.24) is 0 Å². The second-order valence-corrected chi connectivity index (χ2v) is 8.38. The molecule has 2 aromatic carbocycles. The van der Waals surface area contributed by atoms with Crippen molar-refractivity contribution in [1.29, 1.82) is 0 Å². The van der Waals surface area contributed by atoms with Crippen LogP contribution in [-0.4, -0.2) is 19.8 Å². The van der Waals surface area contributed by atoms with E-state index in [1.807, 2.05) is 53.9 Å². The van der Waals surface area contributed by atoms with Gasteiger partial charge in [0.05, 0.1) is 11.3 Å². The summed E-state index contributed by atoms with van der Waals surface area (Å²) in [7, 11) is 0. The molecule has 29 heavy (non-hydrogen) atoms. The van der Waals surface area contributed by atoms with E-state index in [2.05, 4.69) is 0 Å². The molecule has 0 aliphatic carbocycles. The van der Waals surface area contributed by atoms with Crippen LogP contribution in [0.1, 0.15) is 40.7 Å². The van der Waals surface area contributed by atoms with Gasteiger partial charge >= 0.3 is 5.97 Å². The van der Waals surface area contributed by atoms with Gasteiger partial charge in [-0.05, 0) is 66.5 Å². The summed E-state index contributed by atoms with van der Waals surface area (Å²) in [5.41, 5.74) is 3.00. The Balaban J connectivity index is 1.61. The van der Waals surface area contributed by atoms with Crippen LogP contribution >= 0.6 is 11.3 Å². The Labute approximate surface area is 177 Å². The van der Waals surface area contributed by atoms with E-state index >= 15 is 0 Å². The number of hydrogen-bond acceptors (Lipinski definition) is 3. The second-order valence-electron chi connectivity index (χ2n) is 6.63. The number of aromatic carboxylic acids is 1. The molecule has 1 aromatic heterocycles. The van der Waals surface area contributed by atoms with Gasteiger partial charge in [0, 0.05) is 0 Å². The van der Waals surface area contributed by atoms with E-state index in [0.717, 1.165) is 53.9 Å². The molecule has 0 saturated carbocycles. The number of nitrogens with zero attached hydrogens (tertiary/aromatic N) is 1. The first-order valence-electron chi connectivity index (χ1n) is 9.41. The molecule has 1 atom stereocenters. The van der Waals surface area contributed by atoms with Crippen molar-refractivity contribution < 1.29 is 18.7 Å². The van der Waals surface area contributed by atoms with E-state index in [4.69, 9.17) is 0 Å². The molecule has 0 amide bonds. The van der Waals surface area contributed by atoms with Gasteiger partial charge in [-0.15, -0.1) is 11.3 Å². The van der Waals surface area contributed by atoms with Gasteiger partial charge in [0.1, 0.15) is 5.00 Å². The predicted molar refractivity (Wildman–Crippen MR) is 118 cm³/mol. The summed E-state index contributed by atoms with van der Waals surface area (Å²) >= 11 is -0.726. The quantitative estimate of drug-likeness (QED) is 0.321. The molecular weight excluding hydrogens is 406 g/mol. The minimum Gasteiger partial charge on any atom is -0.478 e. The van der Waals surface area contributed by atoms with Gasteiger partial charge in [-0.2, -0.15) is 0 Å². The Morgan fingerprint density at radius 3 is 2.21 bits per heavy atom. The molecule has 0 saturated heterocycles. The lowest BCUT2D eigenvalue weighted by molar-refractivity contribution is 0.0695. The summed E-state index contributed by atoms with van der Waals surface area (Å²) in [6.07, 6.45) is 4.28. The van der Waals surface area contributed by atoms with Gasteiger partial charge in [0.2, 0.25) is 0 Å². The van der Waals surface area contributed by atoms with Crippen molar-refractivity contribution in [2.75, 3.05) is 4.31 Å². The van der Waals surface area contributed by atoms with Gasteiger partial charge < -0.3 is 5.11 Å². The molecule has 3 rings (SSSR count). The van der Waals surface area contributed by atoms with Crippen molar-refractivity contribution in [2.24, 2.45) is 0 Å². The summed E-state index contributed by atoms with van der Waals surface area (Å²) in [6, 6.07) is 18.5. The first-order chi connectivity index (χ1) is 14.1. The molecule has 3 aromatic rings. The first kappa shape index (κ1) is 21.2. The predicted octanol–water partition coefficient (Wildman–Crippen LogP) is 5.68. The summed E-state index contributed by atoms with van der Waals surface area (Å²) in [5.74, 6) is -0.889. The van der Waals surface area contributed by atoms with Gasteiger partial charge in [-0.25, -0.2) is 13.3 Å². The van der Waals surface area contributed by atoms with Crippen molar-refractivity contribution >= 4 is 39.3 Å². The van der Waals surface area contributed by atoms with Crippen molar-refractivity contribution in [2.45, 2.75) is 32.1 Å². The Morgan fingerprint density at radius 1 is 0.897 bits per heavy atom. The molecule has 1 heterocycles. The molecule has 0 fully saturated rings. The lowest BCUT2D eigenvalue weighted by atomic mass is 9.99. The third-order valence-electron chi connectivity index (χ3n) is 4.71. The lowest BCUT2D eigenvalue weighted by Gasteiger charge is -2.21. The Kier molecular flexibility index (Phi) is 7.57. The number of carboxylic acid groups (broad SMARTS) is 1. The SMILES string of the molecule is O=C(O)c1ccccc1CCCCCc1ccccc1N(c1cccs1)S(=O)O. The summed E-state index contributed by atoms with van der Waals surface area (Å²) < 4.78 is 23.2. The average molecular weight is 430 g/mol. The van der Waals surface area contributed by atoms with Crippen LogP contribution in [0.2, 0.25) is 0 Å². The number of unbranched alkanes of at least 4 members (excludes halogenated alkanes) is 2. The molecule has 0 aliphatic rings. The summed E-state index contributed by atoms with van der Waals surface area (Å²) in [4.78, 5) is 11.3. The number of thiophene rings is 1. The standard InChI is InChI=1S/C22H23NO4S2/c24-22(25)19-13-6-4-10-17(19)9-2-1-3-11-18-12-5-7-14-20(18)23(29(26)27)21-15-8-16-28-21/h4-8,10,12-16H,1-3,9,11H2,(H,24,25)(H,26,27). The third-order valence-corrected chi connectivity index (χ3v) is 6.39. The number of carbonyl (C=O) groups is 1. The molecule has 0 radical (unpaired) electrons. The van der Waals surface area contributed by atoms with E-state index < -0.39 is 17.2 Å². The Morgan fingerprint density at radius 2 is 1.55 bits per heavy atom. The minimum atomic E-state index is -2.15. The van der Waals surface area contributed by atoms with Crippen molar-refractivity contribution in [3.05, 3.63) is 82.7 Å². The number of para-hydroxylation sites is 1. The van der Waals surface area contributed by atoms with Gasteiger partial charge in [0.15, 0.2) is 0 Å². The van der Waals surface area contributed by atoms with Crippen molar-refractivity contribution in [3.63, 3.8) is 0 Å². The fraction of sp³-hybridized carbons (Fsp3) is 0.227. The van der Waals surface area contributed by atoms with E-state index in [0.29, 0.717) is 5.56 Å². The van der Waals surface area contributed by atoms with Gasteiger partial charge in [-0.1, -0.05) is 42.8 Å². The minimum absolute atomic E-state index is 0.370. The Hall–Kier alpha value is -2.48. The number of carboxylic acids is 1. The normalized spacial score (nSPS) is 11.9. The van der Waals surface area contributed by atoms with Crippen LogP contribution in [0.4, 0.5) is 10.7 Å². The molecule has 7 heteroatoms. The molecular formula is C22H23NO4S2. The maximum absolute atomic E-state index is 12.0. The smallest absolute Gasteiger partial charge is 0.335 e. The maximum atomic E-state index is 12.0. The van der Waals surface area contributed by atoms with Crippen molar-refractivity contribution in [3.8, 4) is 0 Å². The van der Waals surface area contributed by atoms with Crippen LogP contribution in [0.3, 0.4) is 0 Å². The number of benzene rings is 2. The zero-order valence-corrected chi connectivity index (χ0v) is 17.5. The fourth-order valence-corrected chi connectivity index (χ4v) is 4.87. The molecule has 152 valence electrons. The molecule has 5 nitrogen and oxygen atoms in total. The van der Waals surface area contributed by atoms with Crippen LogP contribution in [0.25, 0.3) is 0 Å². The van der Waals surface area contributed by atoms with Crippen LogP contribution in [0.5, 0.6) is 0 Å². The summed E-state index contributed by atoms with van der Waals surface area (Å²) in [6.45, 7) is 0. The third kappa shape index (κ3) is 5.53. The second kappa shape index (κ2) is 10.3. The number of aryl methyl sites for hydroxylation is 2. The molecule has 0 bridgehead atoms. The Bertz CT molecular complexity index is 972. The zero-order chi connectivity index (χ0) is 20.6. The highest BCUT2D eigenvalue weighted by molar-refractivity contribution is 7.81. The van der Waals surface area contributed by atoms with E-state index in [9.17, 15) is 18.7 Å². The zero-order valence-electron chi connectivity index (χ0n) is 15.9. The fourth-order valence-electron chi connectivity index (χ4n) is 3.34. The average Bonchev–Trinajstić information content (AvgIpc) is 3.23.